The topological polar surface area (TPSA) is 82.5 Å². The molecule has 2 rings (SSSR count). The lowest BCUT2D eigenvalue weighted by Gasteiger charge is -2.36. The number of carbonyl (C=O) groups is 1. The van der Waals surface area contributed by atoms with Crippen LogP contribution in [0.1, 0.15) is 29.6 Å². The van der Waals surface area contributed by atoms with E-state index in [-0.39, 0.29) is 10.6 Å². The number of anilines is 1. The van der Waals surface area contributed by atoms with Crippen molar-refractivity contribution in [2.24, 2.45) is 0 Å². The molecule has 1 heterocycles. The van der Waals surface area contributed by atoms with Crippen LogP contribution in [-0.4, -0.2) is 33.3 Å². The van der Waals surface area contributed by atoms with Crippen LogP contribution in [0.25, 0.3) is 0 Å². The Hall–Kier alpha value is -1.33. The molecule has 0 amide bonds. The summed E-state index contributed by atoms with van der Waals surface area (Å²) in [4.78, 5) is 14.8. The Balaban J connectivity index is 2.06. The fourth-order valence-electron chi connectivity index (χ4n) is 1.72. The fraction of sp³-hybridized carbons (Fsp3) is 0.455. The largest absolute Gasteiger partial charge is 0.478 e. The smallest absolute Gasteiger partial charge is 0.337 e. The zero-order valence-electron chi connectivity index (χ0n) is 9.11. The number of nitrogens with zero attached hydrogens (tertiary/aromatic N) is 1. The van der Waals surface area contributed by atoms with Crippen LogP contribution in [0.3, 0.4) is 0 Å². The third-order valence-electron chi connectivity index (χ3n) is 2.97. The highest BCUT2D eigenvalue weighted by Crippen LogP contribution is 2.31. The Kier molecular flexibility index (Phi) is 3.22. The molecule has 0 saturated heterocycles. The SMILES string of the molecule is O=C(O)c1cc(NCC2(O)CCC2)ncc1Cl. The molecule has 0 aromatic carbocycles. The van der Waals surface area contributed by atoms with Gasteiger partial charge in [0, 0.05) is 12.7 Å². The van der Waals surface area contributed by atoms with Gasteiger partial charge in [-0.2, -0.15) is 0 Å². The third kappa shape index (κ3) is 2.68. The lowest BCUT2D eigenvalue weighted by atomic mass is 9.80. The number of rotatable bonds is 4. The van der Waals surface area contributed by atoms with E-state index in [1.807, 2.05) is 0 Å². The summed E-state index contributed by atoms with van der Waals surface area (Å²) in [7, 11) is 0. The van der Waals surface area contributed by atoms with Gasteiger partial charge in [0.05, 0.1) is 16.2 Å². The molecule has 5 nitrogen and oxygen atoms in total. The van der Waals surface area contributed by atoms with Crippen molar-refractivity contribution in [3.05, 3.63) is 22.8 Å². The minimum absolute atomic E-state index is 0.00441. The van der Waals surface area contributed by atoms with Crippen LogP contribution in [0, 0.1) is 0 Å². The van der Waals surface area contributed by atoms with E-state index < -0.39 is 11.6 Å². The van der Waals surface area contributed by atoms with Gasteiger partial charge in [0.25, 0.3) is 0 Å². The van der Waals surface area contributed by atoms with Crippen molar-refractivity contribution in [2.75, 3.05) is 11.9 Å². The van der Waals surface area contributed by atoms with E-state index in [9.17, 15) is 9.90 Å². The zero-order chi connectivity index (χ0) is 12.5. The van der Waals surface area contributed by atoms with Crippen molar-refractivity contribution in [2.45, 2.75) is 24.9 Å². The molecule has 0 bridgehead atoms. The van der Waals surface area contributed by atoms with Crippen LogP contribution in [0.4, 0.5) is 5.82 Å². The van der Waals surface area contributed by atoms with Gasteiger partial charge in [0.15, 0.2) is 0 Å². The van der Waals surface area contributed by atoms with Crippen LogP contribution < -0.4 is 5.32 Å². The number of aliphatic hydroxyl groups is 1. The summed E-state index contributed by atoms with van der Waals surface area (Å²) in [6.45, 7) is 0.376. The molecular formula is C11H13ClN2O3. The second-order valence-electron chi connectivity index (χ2n) is 4.29. The van der Waals surface area contributed by atoms with E-state index >= 15 is 0 Å². The minimum atomic E-state index is -1.09. The fourth-order valence-corrected chi connectivity index (χ4v) is 1.90. The van der Waals surface area contributed by atoms with E-state index in [2.05, 4.69) is 10.3 Å². The Morgan fingerprint density at radius 3 is 2.82 bits per heavy atom. The molecule has 1 fully saturated rings. The number of pyridine rings is 1. The summed E-state index contributed by atoms with van der Waals surface area (Å²) in [6.07, 6.45) is 3.84. The highest BCUT2D eigenvalue weighted by atomic mass is 35.5. The molecule has 0 radical (unpaired) electrons. The van der Waals surface area contributed by atoms with E-state index in [0.29, 0.717) is 12.4 Å². The molecule has 0 spiro atoms. The van der Waals surface area contributed by atoms with Crippen LogP contribution in [-0.2, 0) is 0 Å². The average molecular weight is 257 g/mol. The second-order valence-corrected chi connectivity index (χ2v) is 4.69. The molecule has 3 N–H and O–H groups in total. The lowest BCUT2D eigenvalue weighted by molar-refractivity contribution is -0.0202. The normalized spacial score (nSPS) is 17.3. The molecule has 0 atom stereocenters. The summed E-state index contributed by atoms with van der Waals surface area (Å²) < 4.78 is 0. The van der Waals surface area contributed by atoms with Gasteiger partial charge in [-0.1, -0.05) is 11.6 Å². The number of aromatic carboxylic acids is 1. The maximum Gasteiger partial charge on any atom is 0.337 e. The van der Waals surface area contributed by atoms with Crippen molar-refractivity contribution < 1.29 is 15.0 Å². The van der Waals surface area contributed by atoms with Gasteiger partial charge in [0.2, 0.25) is 0 Å². The summed E-state index contributed by atoms with van der Waals surface area (Å²) in [6, 6.07) is 1.37. The van der Waals surface area contributed by atoms with Crippen LogP contribution in [0.15, 0.2) is 12.3 Å². The highest BCUT2D eigenvalue weighted by Gasteiger charge is 2.34. The Bertz CT molecular complexity index is 446. The maximum atomic E-state index is 10.9. The molecule has 17 heavy (non-hydrogen) atoms. The van der Waals surface area contributed by atoms with Gasteiger partial charge in [-0.05, 0) is 25.3 Å². The number of carboxylic acid groups (broad SMARTS) is 1. The number of hydrogen-bond donors (Lipinski definition) is 3. The molecule has 1 aliphatic carbocycles. The first-order valence-electron chi connectivity index (χ1n) is 5.35. The first-order chi connectivity index (χ1) is 8.00. The molecule has 1 saturated carbocycles. The number of nitrogens with one attached hydrogen (secondary N) is 1. The van der Waals surface area contributed by atoms with Crippen molar-refractivity contribution in [1.29, 1.82) is 0 Å². The molecular weight excluding hydrogens is 244 g/mol. The predicted molar refractivity (Wildman–Crippen MR) is 63.5 cm³/mol. The van der Waals surface area contributed by atoms with Gasteiger partial charge in [-0.3, -0.25) is 0 Å². The first kappa shape index (κ1) is 12.1. The van der Waals surface area contributed by atoms with Gasteiger partial charge < -0.3 is 15.5 Å². The average Bonchev–Trinajstić information content (AvgIpc) is 2.25. The Morgan fingerprint density at radius 2 is 2.29 bits per heavy atom. The Labute approximate surface area is 103 Å². The number of hydrogen-bond acceptors (Lipinski definition) is 4. The molecule has 1 aliphatic rings. The minimum Gasteiger partial charge on any atom is -0.478 e. The molecule has 1 aromatic rings. The molecule has 0 aliphatic heterocycles. The van der Waals surface area contributed by atoms with Crippen molar-refractivity contribution >= 4 is 23.4 Å². The van der Waals surface area contributed by atoms with E-state index in [0.717, 1.165) is 19.3 Å². The van der Waals surface area contributed by atoms with Gasteiger partial charge in [-0.25, -0.2) is 9.78 Å². The van der Waals surface area contributed by atoms with Crippen molar-refractivity contribution in [3.63, 3.8) is 0 Å². The molecule has 92 valence electrons. The van der Waals surface area contributed by atoms with E-state index in [4.69, 9.17) is 16.7 Å². The van der Waals surface area contributed by atoms with Crippen molar-refractivity contribution in [1.82, 2.24) is 4.98 Å². The highest BCUT2D eigenvalue weighted by molar-refractivity contribution is 6.33. The summed E-state index contributed by atoms with van der Waals surface area (Å²) in [5, 5.41) is 21.8. The number of halogens is 1. The van der Waals surface area contributed by atoms with Crippen molar-refractivity contribution in [3.8, 4) is 0 Å². The Morgan fingerprint density at radius 1 is 1.59 bits per heavy atom. The van der Waals surface area contributed by atoms with Gasteiger partial charge >= 0.3 is 5.97 Å². The molecule has 1 aromatic heterocycles. The van der Waals surface area contributed by atoms with E-state index in [1.165, 1.54) is 12.3 Å². The van der Waals surface area contributed by atoms with Crippen LogP contribution in [0.2, 0.25) is 5.02 Å². The van der Waals surface area contributed by atoms with E-state index in [1.54, 1.807) is 0 Å². The third-order valence-corrected chi connectivity index (χ3v) is 3.27. The maximum absolute atomic E-state index is 10.9. The quantitative estimate of drug-likeness (QED) is 0.765. The summed E-state index contributed by atoms with van der Waals surface area (Å²) >= 11 is 5.70. The number of carboxylic acids is 1. The second kappa shape index (κ2) is 4.50. The first-order valence-corrected chi connectivity index (χ1v) is 5.73. The zero-order valence-corrected chi connectivity index (χ0v) is 9.87. The molecule has 6 heteroatoms. The standard InChI is InChI=1S/C11H13ClN2O3/c12-8-5-13-9(4-7(8)10(15)16)14-6-11(17)2-1-3-11/h4-5,17H,1-3,6H2,(H,13,14)(H,15,16). The monoisotopic (exact) mass is 256 g/mol. The predicted octanol–water partition coefficient (Wildman–Crippen LogP) is 1.76. The number of aromatic nitrogens is 1. The van der Waals surface area contributed by atoms with Crippen LogP contribution in [0.5, 0.6) is 0 Å². The molecule has 0 unspecified atom stereocenters. The van der Waals surface area contributed by atoms with Gasteiger partial charge in [0.1, 0.15) is 5.82 Å². The summed E-state index contributed by atoms with van der Waals surface area (Å²) in [5.74, 6) is -0.685. The van der Waals surface area contributed by atoms with Crippen LogP contribution >= 0.6 is 11.6 Å². The summed E-state index contributed by atoms with van der Waals surface area (Å²) in [5.41, 5.74) is -0.671. The lowest BCUT2D eigenvalue weighted by Crippen LogP contribution is -2.43. The van der Waals surface area contributed by atoms with Gasteiger partial charge in [-0.15, -0.1) is 0 Å².